The van der Waals surface area contributed by atoms with Crippen molar-refractivity contribution in [3.8, 4) is 5.75 Å². The van der Waals surface area contributed by atoms with Crippen LogP contribution in [-0.4, -0.2) is 59.1 Å². The molecule has 0 aliphatic carbocycles. The lowest BCUT2D eigenvalue weighted by Crippen LogP contribution is -2.61. The minimum absolute atomic E-state index is 0.0827. The van der Waals surface area contributed by atoms with Gasteiger partial charge in [-0.05, 0) is 41.9 Å². The summed E-state index contributed by atoms with van der Waals surface area (Å²) in [5, 5.41) is 29.7. The minimum Gasteiger partial charge on any atom is -0.476 e. The molecular formula is C22H34O7. The van der Waals surface area contributed by atoms with Crippen molar-refractivity contribution in [2.75, 3.05) is 13.7 Å². The van der Waals surface area contributed by atoms with Gasteiger partial charge >= 0.3 is 11.8 Å². The van der Waals surface area contributed by atoms with E-state index >= 15 is 0 Å². The Kier molecular flexibility index (Phi) is 7.67. The second-order valence-corrected chi connectivity index (χ2v) is 8.43. The second kappa shape index (κ2) is 9.43. The molecule has 0 saturated carbocycles. The van der Waals surface area contributed by atoms with Crippen molar-refractivity contribution in [2.45, 2.75) is 71.1 Å². The summed E-state index contributed by atoms with van der Waals surface area (Å²) < 4.78 is 17.6. The number of rotatable bonds is 8. The molecule has 164 valence electrons. The smallest absolute Gasteiger partial charge is 0.377 e. The third-order valence-corrected chi connectivity index (χ3v) is 5.89. The molecular weight excluding hydrogens is 376 g/mol. The Morgan fingerprint density at radius 3 is 2.52 bits per heavy atom. The van der Waals surface area contributed by atoms with Crippen LogP contribution in [0.4, 0.5) is 0 Å². The van der Waals surface area contributed by atoms with E-state index in [4.69, 9.17) is 14.2 Å². The molecule has 7 nitrogen and oxygen atoms in total. The van der Waals surface area contributed by atoms with Gasteiger partial charge in [-0.2, -0.15) is 0 Å². The van der Waals surface area contributed by atoms with Crippen molar-refractivity contribution >= 4 is 5.97 Å². The van der Waals surface area contributed by atoms with Gasteiger partial charge in [-0.1, -0.05) is 39.8 Å². The number of hydrogen-bond donors (Lipinski definition) is 3. The molecule has 0 radical (unpaired) electrons. The van der Waals surface area contributed by atoms with E-state index in [-0.39, 0.29) is 24.2 Å². The minimum atomic E-state index is -1.92. The Morgan fingerprint density at radius 2 is 2.00 bits per heavy atom. The van der Waals surface area contributed by atoms with E-state index in [1.54, 1.807) is 0 Å². The number of carbonyl (C=O) groups is 1. The number of hydrogen-bond acceptors (Lipinski definition) is 6. The van der Waals surface area contributed by atoms with Crippen LogP contribution in [0.5, 0.6) is 5.75 Å². The Hall–Kier alpha value is -1.67. The fourth-order valence-electron chi connectivity index (χ4n) is 3.92. The SMILES string of the molecule is COC(C(O)CO)C1OC(Oc2cc(C)ccc2C(C)C)(C(=O)O)CC(C)C1C. The molecule has 29 heavy (non-hydrogen) atoms. The zero-order valence-electron chi connectivity index (χ0n) is 18.1. The fourth-order valence-corrected chi connectivity index (χ4v) is 3.92. The van der Waals surface area contributed by atoms with Crippen LogP contribution in [0.15, 0.2) is 18.2 Å². The van der Waals surface area contributed by atoms with Crippen molar-refractivity contribution in [1.29, 1.82) is 0 Å². The molecule has 1 heterocycles. The summed E-state index contributed by atoms with van der Waals surface area (Å²) >= 11 is 0. The van der Waals surface area contributed by atoms with Crippen LogP contribution >= 0.6 is 0 Å². The highest BCUT2D eigenvalue weighted by Gasteiger charge is 2.54. The number of ether oxygens (including phenoxy) is 3. The first-order valence-corrected chi connectivity index (χ1v) is 10.1. The summed E-state index contributed by atoms with van der Waals surface area (Å²) in [6.45, 7) is 9.27. The van der Waals surface area contributed by atoms with E-state index in [0.29, 0.717) is 5.75 Å². The molecule has 1 aromatic carbocycles. The van der Waals surface area contributed by atoms with E-state index in [2.05, 4.69) is 0 Å². The molecule has 1 aliphatic rings. The van der Waals surface area contributed by atoms with Crippen molar-refractivity contribution in [3.05, 3.63) is 29.3 Å². The monoisotopic (exact) mass is 410 g/mol. The third-order valence-electron chi connectivity index (χ3n) is 5.89. The van der Waals surface area contributed by atoms with Crippen LogP contribution in [0.25, 0.3) is 0 Å². The predicted octanol–water partition coefficient (Wildman–Crippen LogP) is 2.71. The van der Waals surface area contributed by atoms with Crippen LogP contribution < -0.4 is 4.74 Å². The lowest BCUT2D eigenvalue weighted by atomic mass is 9.79. The molecule has 0 bridgehead atoms. The van der Waals surface area contributed by atoms with Gasteiger partial charge in [0.1, 0.15) is 18.0 Å². The molecule has 1 fully saturated rings. The standard InChI is InChI=1S/C22H34O7/c1-12(2)16-8-7-13(3)9-18(16)28-22(21(25)26)10-14(4)15(5)19(29-22)20(27-6)17(24)11-23/h7-9,12,14-15,17,19-20,23-24H,10-11H2,1-6H3,(H,25,26). The van der Waals surface area contributed by atoms with Gasteiger partial charge in [-0.3, -0.25) is 0 Å². The number of methoxy groups -OCH3 is 1. The second-order valence-electron chi connectivity index (χ2n) is 8.43. The quantitative estimate of drug-likeness (QED) is 0.605. The first-order valence-electron chi connectivity index (χ1n) is 10.1. The molecule has 7 heteroatoms. The number of benzene rings is 1. The van der Waals surface area contributed by atoms with Gasteiger partial charge in [-0.15, -0.1) is 0 Å². The van der Waals surface area contributed by atoms with Crippen LogP contribution in [0, 0.1) is 18.8 Å². The summed E-state index contributed by atoms with van der Waals surface area (Å²) in [4.78, 5) is 12.4. The highest BCUT2D eigenvalue weighted by Crippen LogP contribution is 2.42. The average Bonchev–Trinajstić information content (AvgIpc) is 2.65. The molecule has 0 spiro atoms. The summed E-state index contributed by atoms with van der Waals surface area (Å²) in [7, 11) is 1.40. The number of aliphatic hydroxyl groups excluding tert-OH is 2. The first-order chi connectivity index (χ1) is 13.6. The highest BCUT2D eigenvalue weighted by atomic mass is 16.7. The third kappa shape index (κ3) is 4.91. The Balaban J connectivity index is 2.48. The van der Waals surface area contributed by atoms with Crippen LogP contribution in [0.3, 0.4) is 0 Å². The lowest BCUT2D eigenvalue weighted by molar-refractivity contribution is -0.286. The van der Waals surface area contributed by atoms with Gasteiger partial charge in [0.15, 0.2) is 0 Å². The van der Waals surface area contributed by atoms with E-state index in [1.807, 2.05) is 52.8 Å². The van der Waals surface area contributed by atoms with Crippen molar-refractivity contribution in [1.82, 2.24) is 0 Å². The maximum absolute atomic E-state index is 12.4. The largest absolute Gasteiger partial charge is 0.476 e. The average molecular weight is 411 g/mol. The fraction of sp³-hybridized carbons (Fsp3) is 0.682. The molecule has 2 rings (SSSR count). The van der Waals surface area contributed by atoms with E-state index in [9.17, 15) is 20.1 Å². The van der Waals surface area contributed by atoms with E-state index < -0.39 is 36.7 Å². The lowest BCUT2D eigenvalue weighted by Gasteiger charge is -2.47. The number of carboxylic acids is 1. The van der Waals surface area contributed by atoms with Gasteiger partial charge in [0.25, 0.3) is 0 Å². The number of aliphatic carboxylic acids is 1. The molecule has 3 N–H and O–H groups in total. The van der Waals surface area contributed by atoms with Crippen molar-refractivity contribution < 1.29 is 34.3 Å². The summed E-state index contributed by atoms with van der Waals surface area (Å²) in [6, 6.07) is 5.71. The predicted molar refractivity (Wildman–Crippen MR) is 108 cm³/mol. The van der Waals surface area contributed by atoms with Crippen LogP contribution in [0.1, 0.15) is 51.2 Å². The highest BCUT2D eigenvalue weighted by molar-refractivity contribution is 5.76. The van der Waals surface area contributed by atoms with Gasteiger partial charge in [0.2, 0.25) is 0 Å². The van der Waals surface area contributed by atoms with E-state index in [0.717, 1.165) is 11.1 Å². The molecule has 1 aliphatic heterocycles. The topological polar surface area (TPSA) is 105 Å². The molecule has 0 amide bonds. The van der Waals surface area contributed by atoms with E-state index in [1.165, 1.54) is 7.11 Å². The first kappa shape index (κ1) is 23.6. The maximum Gasteiger partial charge on any atom is 0.377 e. The summed E-state index contributed by atoms with van der Waals surface area (Å²) in [5.74, 6) is -2.74. The summed E-state index contributed by atoms with van der Waals surface area (Å²) in [6.07, 6.45) is -2.71. The maximum atomic E-state index is 12.4. The van der Waals surface area contributed by atoms with Gasteiger partial charge in [0.05, 0.1) is 12.7 Å². The Labute approximate surface area is 172 Å². The zero-order valence-corrected chi connectivity index (χ0v) is 18.1. The Morgan fingerprint density at radius 1 is 1.34 bits per heavy atom. The number of carboxylic acid groups (broad SMARTS) is 1. The molecule has 1 aromatic rings. The van der Waals surface area contributed by atoms with Crippen molar-refractivity contribution in [2.24, 2.45) is 11.8 Å². The number of aliphatic hydroxyl groups is 2. The van der Waals surface area contributed by atoms with Gasteiger partial charge < -0.3 is 29.5 Å². The normalized spacial score (nSPS) is 29.5. The molecule has 1 saturated heterocycles. The van der Waals surface area contributed by atoms with Crippen LogP contribution in [-0.2, 0) is 14.3 Å². The zero-order chi connectivity index (χ0) is 21.9. The van der Waals surface area contributed by atoms with Crippen molar-refractivity contribution in [3.63, 3.8) is 0 Å². The van der Waals surface area contributed by atoms with Gasteiger partial charge in [0, 0.05) is 13.5 Å². The van der Waals surface area contributed by atoms with Gasteiger partial charge in [-0.25, -0.2) is 4.79 Å². The molecule has 6 atom stereocenters. The van der Waals surface area contributed by atoms with Crippen LogP contribution in [0.2, 0.25) is 0 Å². The number of aryl methyl sites for hydroxylation is 1. The summed E-state index contributed by atoms with van der Waals surface area (Å²) in [5.41, 5.74) is 1.84. The Bertz CT molecular complexity index is 704. The molecule has 6 unspecified atom stereocenters. The molecule has 0 aromatic heterocycles.